The van der Waals surface area contributed by atoms with Crippen LogP contribution in [0.5, 0.6) is 0 Å². The van der Waals surface area contributed by atoms with E-state index in [-0.39, 0.29) is 5.56 Å². The van der Waals surface area contributed by atoms with E-state index in [0.29, 0.717) is 12.1 Å². The Bertz CT molecular complexity index is 640. The van der Waals surface area contributed by atoms with Crippen LogP contribution in [-0.4, -0.2) is 18.1 Å². The van der Waals surface area contributed by atoms with Crippen LogP contribution in [0.3, 0.4) is 0 Å². The lowest BCUT2D eigenvalue weighted by molar-refractivity contribution is 0.0695. The number of hydrogen-bond donors (Lipinski definition) is 1. The maximum Gasteiger partial charge on any atom is 0.336 e. The summed E-state index contributed by atoms with van der Waals surface area (Å²) < 4.78 is 13.2. The maximum absolute atomic E-state index is 13.2. The number of anilines is 1. The first-order valence-electron chi connectivity index (χ1n) is 6.27. The first-order valence-corrected chi connectivity index (χ1v) is 6.27. The first kappa shape index (κ1) is 14.1. The van der Waals surface area contributed by atoms with Gasteiger partial charge in [-0.25, -0.2) is 9.18 Å². The highest BCUT2D eigenvalue weighted by molar-refractivity contribution is 5.89. The lowest BCUT2D eigenvalue weighted by atomic mass is 10.1. The van der Waals surface area contributed by atoms with Gasteiger partial charge in [-0.15, -0.1) is 0 Å². The van der Waals surface area contributed by atoms with Crippen LogP contribution in [0.2, 0.25) is 0 Å². The van der Waals surface area contributed by atoms with Gasteiger partial charge in [0.1, 0.15) is 5.82 Å². The maximum atomic E-state index is 13.2. The van der Waals surface area contributed by atoms with E-state index in [2.05, 4.69) is 0 Å². The summed E-state index contributed by atoms with van der Waals surface area (Å²) in [4.78, 5) is 13.1. The smallest absolute Gasteiger partial charge is 0.336 e. The Kier molecular flexibility index (Phi) is 4.03. The molecule has 104 valence electrons. The number of aryl methyl sites for hydroxylation is 1. The van der Waals surface area contributed by atoms with Crippen LogP contribution < -0.4 is 4.90 Å². The Morgan fingerprint density at radius 1 is 1.25 bits per heavy atom. The van der Waals surface area contributed by atoms with E-state index in [0.717, 1.165) is 17.3 Å². The summed E-state index contributed by atoms with van der Waals surface area (Å²) >= 11 is 0. The second kappa shape index (κ2) is 5.74. The average molecular weight is 273 g/mol. The fraction of sp³-hybridized carbons (Fsp3) is 0.188. The largest absolute Gasteiger partial charge is 0.478 e. The fourth-order valence-electron chi connectivity index (χ4n) is 2.22. The third-order valence-electron chi connectivity index (χ3n) is 3.24. The Morgan fingerprint density at radius 2 is 1.95 bits per heavy atom. The Hall–Kier alpha value is -2.36. The average Bonchev–Trinajstić information content (AvgIpc) is 2.41. The molecule has 0 bridgehead atoms. The normalized spacial score (nSPS) is 10.3. The molecule has 3 nitrogen and oxygen atoms in total. The molecular formula is C16H16FNO2. The number of carbonyl (C=O) groups is 1. The molecule has 0 spiro atoms. The van der Waals surface area contributed by atoms with Crippen LogP contribution >= 0.6 is 0 Å². The topological polar surface area (TPSA) is 40.5 Å². The van der Waals surface area contributed by atoms with E-state index >= 15 is 0 Å². The highest BCUT2D eigenvalue weighted by Crippen LogP contribution is 2.21. The fourth-order valence-corrected chi connectivity index (χ4v) is 2.22. The van der Waals surface area contributed by atoms with Crippen molar-refractivity contribution in [2.45, 2.75) is 13.5 Å². The molecule has 0 aromatic heterocycles. The minimum absolute atomic E-state index is 0.00503. The van der Waals surface area contributed by atoms with Gasteiger partial charge in [0.25, 0.3) is 0 Å². The SMILES string of the molecule is Cc1ccccc1N(C)Cc1ccc(F)cc1C(=O)O. The minimum Gasteiger partial charge on any atom is -0.478 e. The summed E-state index contributed by atoms with van der Waals surface area (Å²) in [5.74, 6) is -1.65. The molecule has 0 heterocycles. The molecular weight excluding hydrogens is 257 g/mol. The highest BCUT2D eigenvalue weighted by atomic mass is 19.1. The van der Waals surface area contributed by atoms with Gasteiger partial charge in [0.15, 0.2) is 0 Å². The highest BCUT2D eigenvalue weighted by Gasteiger charge is 2.13. The quantitative estimate of drug-likeness (QED) is 0.927. The summed E-state index contributed by atoms with van der Waals surface area (Å²) in [6.45, 7) is 2.40. The van der Waals surface area contributed by atoms with Crippen molar-refractivity contribution in [1.82, 2.24) is 0 Å². The van der Waals surface area contributed by atoms with E-state index in [1.54, 1.807) is 0 Å². The molecule has 2 aromatic rings. The van der Waals surface area contributed by atoms with Crippen LogP contribution in [0.1, 0.15) is 21.5 Å². The third-order valence-corrected chi connectivity index (χ3v) is 3.24. The second-order valence-electron chi connectivity index (χ2n) is 4.75. The summed E-state index contributed by atoms with van der Waals surface area (Å²) in [6, 6.07) is 11.7. The first-order chi connectivity index (χ1) is 9.49. The number of aromatic carboxylic acids is 1. The third kappa shape index (κ3) is 2.96. The van der Waals surface area contributed by atoms with Gasteiger partial charge in [0.05, 0.1) is 5.56 Å². The van der Waals surface area contributed by atoms with Crippen LogP contribution in [0.4, 0.5) is 10.1 Å². The number of benzene rings is 2. The number of nitrogens with zero attached hydrogens (tertiary/aromatic N) is 1. The van der Waals surface area contributed by atoms with Gasteiger partial charge in [0, 0.05) is 19.3 Å². The molecule has 0 aliphatic carbocycles. The zero-order valence-corrected chi connectivity index (χ0v) is 11.4. The van der Waals surface area contributed by atoms with Crippen LogP contribution in [0.15, 0.2) is 42.5 Å². The standard InChI is InChI=1S/C16H16FNO2/c1-11-5-3-4-6-15(11)18(2)10-12-7-8-13(17)9-14(12)16(19)20/h3-9H,10H2,1-2H3,(H,19,20). The zero-order chi connectivity index (χ0) is 14.7. The monoisotopic (exact) mass is 273 g/mol. The molecule has 2 aromatic carbocycles. The van der Waals surface area contributed by atoms with E-state index in [1.165, 1.54) is 12.1 Å². The zero-order valence-electron chi connectivity index (χ0n) is 11.4. The van der Waals surface area contributed by atoms with Crippen LogP contribution in [0.25, 0.3) is 0 Å². The van der Waals surface area contributed by atoms with E-state index < -0.39 is 11.8 Å². The van der Waals surface area contributed by atoms with Crippen LogP contribution in [0, 0.1) is 12.7 Å². The molecule has 20 heavy (non-hydrogen) atoms. The Balaban J connectivity index is 2.31. The number of carboxylic acid groups (broad SMARTS) is 1. The number of halogens is 1. The van der Waals surface area contributed by atoms with Crippen molar-refractivity contribution in [3.8, 4) is 0 Å². The predicted molar refractivity (Wildman–Crippen MR) is 76.6 cm³/mol. The Morgan fingerprint density at radius 3 is 2.60 bits per heavy atom. The lowest BCUT2D eigenvalue weighted by Crippen LogP contribution is -2.19. The van der Waals surface area contributed by atoms with Gasteiger partial charge in [-0.3, -0.25) is 0 Å². The molecule has 0 unspecified atom stereocenters. The van der Waals surface area contributed by atoms with Gasteiger partial charge in [-0.05, 0) is 36.2 Å². The molecule has 2 rings (SSSR count). The minimum atomic E-state index is -1.11. The molecule has 0 aliphatic heterocycles. The van der Waals surface area contributed by atoms with E-state index in [1.807, 2.05) is 43.1 Å². The van der Waals surface area contributed by atoms with Gasteiger partial charge in [-0.2, -0.15) is 0 Å². The summed E-state index contributed by atoms with van der Waals surface area (Å²) in [5, 5.41) is 9.14. The van der Waals surface area contributed by atoms with Crippen molar-refractivity contribution >= 4 is 11.7 Å². The molecule has 1 N–H and O–H groups in total. The van der Waals surface area contributed by atoms with Crippen molar-refractivity contribution in [3.05, 3.63) is 65.0 Å². The van der Waals surface area contributed by atoms with Crippen molar-refractivity contribution in [1.29, 1.82) is 0 Å². The number of carboxylic acids is 1. The van der Waals surface area contributed by atoms with Gasteiger partial charge >= 0.3 is 5.97 Å². The lowest BCUT2D eigenvalue weighted by Gasteiger charge is -2.22. The summed E-state index contributed by atoms with van der Waals surface area (Å²) in [6.07, 6.45) is 0. The Labute approximate surface area is 117 Å². The van der Waals surface area contributed by atoms with Crippen LogP contribution in [-0.2, 0) is 6.54 Å². The van der Waals surface area contributed by atoms with Crippen molar-refractivity contribution in [3.63, 3.8) is 0 Å². The predicted octanol–water partition coefficient (Wildman–Crippen LogP) is 3.47. The number of hydrogen-bond acceptors (Lipinski definition) is 2. The van der Waals surface area contributed by atoms with E-state index in [4.69, 9.17) is 5.11 Å². The molecule has 0 atom stereocenters. The van der Waals surface area contributed by atoms with Gasteiger partial charge < -0.3 is 10.0 Å². The molecule has 0 radical (unpaired) electrons. The molecule has 4 heteroatoms. The molecule has 0 aliphatic rings. The molecule has 0 saturated carbocycles. The van der Waals surface area contributed by atoms with Crippen molar-refractivity contribution in [2.24, 2.45) is 0 Å². The van der Waals surface area contributed by atoms with Crippen molar-refractivity contribution in [2.75, 3.05) is 11.9 Å². The molecule has 0 amide bonds. The van der Waals surface area contributed by atoms with Gasteiger partial charge in [0.2, 0.25) is 0 Å². The molecule has 0 fully saturated rings. The second-order valence-corrected chi connectivity index (χ2v) is 4.75. The number of rotatable bonds is 4. The number of para-hydroxylation sites is 1. The van der Waals surface area contributed by atoms with Gasteiger partial charge in [-0.1, -0.05) is 24.3 Å². The summed E-state index contributed by atoms with van der Waals surface area (Å²) in [5.41, 5.74) is 2.72. The molecule has 0 saturated heterocycles. The summed E-state index contributed by atoms with van der Waals surface area (Å²) in [7, 11) is 1.89. The van der Waals surface area contributed by atoms with Crippen molar-refractivity contribution < 1.29 is 14.3 Å². The van der Waals surface area contributed by atoms with E-state index in [9.17, 15) is 9.18 Å².